The molecule has 0 saturated carbocycles. The summed E-state index contributed by atoms with van der Waals surface area (Å²) in [4.78, 5) is 0. The molecule has 1 N–H and O–H groups in total. The second kappa shape index (κ2) is 4.99. The predicted molar refractivity (Wildman–Crippen MR) is 69.5 cm³/mol. The average Bonchev–Trinajstić information content (AvgIpc) is 2.79. The number of hydrogen-bond donors (Lipinski definition) is 1. The van der Waals surface area contributed by atoms with Crippen LogP contribution in [0.2, 0.25) is 0 Å². The smallest absolute Gasteiger partial charge is 0.507 e. The van der Waals surface area contributed by atoms with Crippen molar-refractivity contribution >= 4 is 0 Å². The van der Waals surface area contributed by atoms with Gasteiger partial charge in [-0.15, -0.1) is 8.78 Å². The number of benzene rings is 2. The number of nitriles is 1. The minimum Gasteiger partial charge on any atom is -0.507 e. The SMILES string of the molecule is N#Cc1cc(-c2ccc3c(c2)OC(F)(F)O3)c(O)c(C(F)(F)F)c1. The average molecular weight is 343 g/mol. The molecular weight excluding hydrogens is 337 g/mol. The first-order valence-electron chi connectivity index (χ1n) is 6.35. The van der Waals surface area contributed by atoms with Crippen LogP contribution in [0.15, 0.2) is 30.3 Å². The Morgan fingerprint density at radius 3 is 2.33 bits per heavy atom. The Kier molecular flexibility index (Phi) is 3.30. The lowest BCUT2D eigenvalue weighted by Crippen LogP contribution is -2.25. The maximum Gasteiger partial charge on any atom is 0.586 e. The van der Waals surface area contributed by atoms with Gasteiger partial charge in [0.05, 0.1) is 17.2 Å². The van der Waals surface area contributed by atoms with Gasteiger partial charge in [0, 0.05) is 5.56 Å². The van der Waals surface area contributed by atoms with Gasteiger partial charge in [0.1, 0.15) is 5.75 Å². The van der Waals surface area contributed by atoms with Crippen molar-refractivity contribution in [3.05, 3.63) is 41.5 Å². The van der Waals surface area contributed by atoms with Crippen molar-refractivity contribution in [1.82, 2.24) is 0 Å². The molecule has 0 spiro atoms. The third-order valence-electron chi connectivity index (χ3n) is 3.26. The summed E-state index contributed by atoms with van der Waals surface area (Å²) >= 11 is 0. The summed E-state index contributed by atoms with van der Waals surface area (Å²) in [5.74, 6) is -1.81. The van der Waals surface area contributed by atoms with Crippen LogP contribution < -0.4 is 9.47 Å². The van der Waals surface area contributed by atoms with Gasteiger partial charge in [0.25, 0.3) is 0 Å². The quantitative estimate of drug-likeness (QED) is 0.786. The number of rotatable bonds is 1. The number of alkyl halides is 5. The van der Waals surface area contributed by atoms with E-state index in [1.807, 2.05) is 0 Å². The first kappa shape index (κ1) is 15.9. The lowest BCUT2D eigenvalue weighted by Gasteiger charge is -2.13. The summed E-state index contributed by atoms with van der Waals surface area (Å²) in [5.41, 5.74) is -2.14. The standard InChI is InChI=1S/C15H6F5NO3/c16-14(17,18)10-4-7(6-21)3-9(13(10)22)8-1-2-11-12(5-8)24-15(19,20)23-11/h1-5,22H. The van der Waals surface area contributed by atoms with E-state index in [1.54, 1.807) is 6.07 Å². The Hall–Kier alpha value is -3.02. The number of fused-ring (bicyclic) bond motifs is 1. The zero-order valence-electron chi connectivity index (χ0n) is 11.5. The lowest BCUT2D eigenvalue weighted by molar-refractivity contribution is -0.286. The van der Waals surface area contributed by atoms with Crippen LogP contribution in [-0.4, -0.2) is 11.4 Å². The fourth-order valence-corrected chi connectivity index (χ4v) is 2.25. The minimum absolute atomic E-state index is 0.0462. The normalized spacial score (nSPS) is 15.2. The molecule has 1 aliphatic heterocycles. The van der Waals surface area contributed by atoms with Gasteiger partial charge >= 0.3 is 12.5 Å². The zero-order chi connectivity index (χ0) is 17.7. The summed E-state index contributed by atoms with van der Waals surface area (Å²) in [7, 11) is 0. The molecule has 0 bridgehead atoms. The number of halogens is 5. The number of nitrogens with zero attached hydrogens (tertiary/aromatic N) is 1. The molecule has 1 heterocycles. The first-order chi connectivity index (χ1) is 11.1. The van der Waals surface area contributed by atoms with E-state index >= 15 is 0 Å². The van der Waals surface area contributed by atoms with Crippen LogP contribution in [0.25, 0.3) is 11.1 Å². The minimum atomic E-state index is -4.89. The maximum absolute atomic E-state index is 13.0. The van der Waals surface area contributed by atoms with Crippen molar-refractivity contribution in [3.8, 4) is 34.4 Å². The molecule has 124 valence electrons. The molecule has 4 nitrogen and oxygen atoms in total. The summed E-state index contributed by atoms with van der Waals surface area (Å²) < 4.78 is 73.3. The van der Waals surface area contributed by atoms with Crippen LogP contribution in [-0.2, 0) is 6.18 Å². The molecule has 0 radical (unpaired) electrons. The third kappa shape index (κ3) is 2.67. The van der Waals surface area contributed by atoms with Crippen LogP contribution in [0.1, 0.15) is 11.1 Å². The molecule has 9 heteroatoms. The van der Waals surface area contributed by atoms with Gasteiger partial charge in [0.2, 0.25) is 0 Å². The summed E-state index contributed by atoms with van der Waals surface area (Å²) in [6.07, 6.45) is -8.77. The molecule has 0 atom stereocenters. The number of phenols is 1. The van der Waals surface area contributed by atoms with E-state index in [0.29, 0.717) is 6.07 Å². The van der Waals surface area contributed by atoms with Crippen LogP contribution in [0.3, 0.4) is 0 Å². The van der Waals surface area contributed by atoms with Gasteiger partial charge in [-0.3, -0.25) is 0 Å². The van der Waals surface area contributed by atoms with Crippen LogP contribution >= 0.6 is 0 Å². The number of hydrogen-bond acceptors (Lipinski definition) is 4. The van der Waals surface area contributed by atoms with E-state index < -0.39 is 29.5 Å². The van der Waals surface area contributed by atoms with Crippen LogP contribution in [0, 0.1) is 11.3 Å². The second-order valence-electron chi connectivity index (χ2n) is 4.86. The monoisotopic (exact) mass is 343 g/mol. The van der Waals surface area contributed by atoms with E-state index in [4.69, 9.17) is 5.26 Å². The Morgan fingerprint density at radius 1 is 1.04 bits per heavy atom. The second-order valence-corrected chi connectivity index (χ2v) is 4.86. The molecule has 0 unspecified atom stereocenters. The van der Waals surface area contributed by atoms with Gasteiger partial charge in [-0.25, -0.2) is 0 Å². The highest BCUT2D eigenvalue weighted by atomic mass is 19.4. The maximum atomic E-state index is 13.0. The molecule has 1 aliphatic rings. The Bertz CT molecular complexity index is 871. The van der Waals surface area contributed by atoms with E-state index in [-0.39, 0.29) is 22.4 Å². The highest BCUT2D eigenvalue weighted by Crippen LogP contribution is 2.46. The van der Waals surface area contributed by atoms with Gasteiger partial charge in [-0.05, 0) is 29.8 Å². The summed E-state index contributed by atoms with van der Waals surface area (Å²) in [6.45, 7) is 0. The van der Waals surface area contributed by atoms with Crippen molar-refractivity contribution in [3.63, 3.8) is 0 Å². The molecule has 0 fully saturated rings. The number of phenolic OH excluding ortho intramolecular Hbond substituents is 1. The topological polar surface area (TPSA) is 62.5 Å². The lowest BCUT2D eigenvalue weighted by atomic mass is 9.98. The van der Waals surface area contributed by atoms with Gasteiger partial charge < -0.3 is 14.6 Å². The van der Waals surface area contributed by atoms with E-state index in [2.05, 4.69) is 9.47 Å². The van der Waals surface area contributed by atoms with Crippen molar-refractivity contribution in [2.24, 2.45) is 0 Å². The number of aromatic hydroxyl groups is 1. The first-order valence-corrected chi connectivity index (χ1v) is 6.35. The molecule has 0 amide bonds. The van der Waals surface area contributed by atoms with Crippen molar-refractivity contribution in [2.45, 2.75) is 12.5 Å². The van der Waals surface area contributed by atoms with E-state index in [9.17, 15) is 27.1 Å². The Labute approximate surface area is 131 Å². The van der Waals surface area contributed by atoms with Gasteiger partial charge in [0.15, 0.2) is 11.5 Å². The molecule has 24 heavy (non-hydrogen) atoms. The van der Waals surface area contributed by atoms with Crippen molar-refractivity contribution < 1.29 is 36.5 Å². The van der Waals surface area contributed by atoms with Crippen LogP contribution in [0.5, 0.6) is 17.2 Å². The fraction of sp³-hybridized carbons (Fsp3) is 0.133. The van der Waals surface area contributed by atoms with Crippen LogP contribution in [0.4, 0.5) is 22.0 Å². The van der Waals surface area contributed by atoms with Gasteiger partial charge in [-0.2, -0.15) is 18.4 Å². The highest BCUT2D eigenvalue weighted by Gasteiger charge is 2.43. The molecule has 2 aromatic carbocycles. The van der Waals surface area contributed by atoms with Gasteiger partial charge in [-0.1, -0.05) is 6.07 Å². The van der Waals surface area contributed by atoms with Crippen molar-refractivity contribution in [1.29, 1.82) is 5.26 Å². The molecule has 3 rings (SSSR count). The Morgan fingerprint density at radius 2 is 1.71 bits per heavy atom. The fourth-order valence-electron chi connectivity index (χ4n) is 2.25. The van der Waals surface area contributed by atoms with E-state index in [0.717, 1.165) is 18.2 Å². The molecule has 0 aromatic heterocycles. The predicted octanol–water partition coefficient (Wildman–Crippen LogP) is 4.27. The number of ether oxygens (including phenoxy) is 2. The summed E-state index contributed by atoms with van der Waals surface area (Å²) in [6, 6.07) is 6.30. The zero-order valence-corrected chi connectivity index (χ0v) is 11.5. The Balaban J connectivity index is 2.16. The molecular formula is C15H6F5NO3. The molecule has 0 saturated heterocycles. The highest BCUT2D eigenvalue weighted by molar-refractivity contribution is 5.76. The summed E-state index contributed by atoms with van der Waals surface area (Å²) in [5, 5.41) is 18.8. The largest absolute Gasteiger partial charge is 0.586 e. The third-order valence-corrected chi connectivity index (χ3v) is 3.26. The van der Waals surface area contributed by atoms with Crippen molar-refractivity contribution in [2.75, 3.05) is 0 Å². The molecule has 0 aliphatic carbocycles. The molecule has 2 aromatic rings. The van der Waals surface area contributed by atoms with E-state index in [1.165, 1.54) is 6.07 Å².